The Hall–Kier alpha value is -5.00. The minimum Gasteiger partial charge on any atom is -0.395 e. The molecule has 0 aliphatic heterocycles. The standard InChI is InChI=1S/C31H30FN5O5/c1-19(33-2)29(40)36-26-10-11-27(22-4-3-5-23(15-22)30(41)35-12-13-38)37(31(26)42)18-20-14-24(17-34-16-20)28(39)21-6-8-25(32)9-7-21/h3-11,14-17,19,33,38H,12-13,18H2,1-2H3,(H,35,41)(H,36,40)/t19-/m0/s1. The molecule has 0 saturated carbocycles. The number of carbonyl (C=O) groups is 3. The molecule has 0 aliphatic rings. The second kappa shape index (κ2) is 13.6. The number of anilines is 1. The first kappa shape index (κ1) is 30.0. The van der Waals surface area contributed by atoms with E-state index in [4.69, 9.17) is 5.11 Å². The van der Waals surface area contributed by atoms with E-state index in [0.717, 1.165) is 0 Å². The number of hydrogen-bond donors (Lipinski definition) is 4. The maximum Gasteiger partial charge on any atom is 0.275 e. The molecule has 216 valence electrons. The third-order valence-electron chi connectivity index (χ3n) is 6.58. The van der Waals surface area contributed by atoms with Gasteiger partial charge in [-0.2, -0.15) is 0 Å². The molecule has 2 heterocycles. The van der Waals surface area contributed by atoms with Crippen LogP contribution in [0.5, 0.6) is 0 Å². The maximum absolute atomic E-state index is 13.7. The van der Waals surface area contributed by atoms with Crippen LogP contribution in [0.15, 0.2) is 83.9 Å². The highest BCUT2D eigenvalue weighted by Gasteiger charge is 2.18. The zero-order valence-electron chi connectivity index (χ0n) is 23.1. The van der Waals surface area contributed by atoms with E-state index in [9.17, 15) is 23.6 Å². The average molecular weight is 572 g/mol. The number of halogens is 1. The minimum atomic E-state index is -0.551. The lowest BCUT2D eigenvalue weighted by Gasteiger charge is -2.17. The molecule has 4 rings (SSSR count). The van der Waals surface area contributed by atoms with Crippen LogP contribution in [-0.4, -0.2) is 58.5 Å². The molecule has 0 fully saturated rings. The number of rotatable bonds is 11. The first-order valence-electron chi connectivity index (χ1n) is 13.2. The smallest absolute Gasteiger partial charge is 0.275 e. The van der Waals surface area contributed by atoms with Crippen molar-refractivity contribution in [1.29, 1.82) is 0 Å². The Labute approximate surface area is 241 Å². The van der Waals surface area contributed by atoms with Crippen molar-refractivity contribution in [2.75, 3.05) is 25.5 Å². The number of nitrogens with zero attached hydrogens (tertiary/aromatic N) is 2. The monoisotopic (exact) mass is 571 g/mol. The maximum atomic E-state index is 13.7. The van der Waals surface area contributed by atoms with Crippen LogP contribution in [0.2, 0.25) is 0 Å². The molecule has 0 bridgehead atoms. The molecule has 2 aromatic carbocycles. The normalized spacial score (nSPS) is 11.5. The third kappa shape index (κ3) is 7.00. The number of hydrogen-bond acceptors (Lipinski definition) is 7. The number of aromatic nitrogens is 2. The number of likely N-dealkylation sites (N-methyl/N-ethyl adjacent to an activating group) is 1. The van der Waals surface area contributed by atoms with E-state index in [0.29, 0.717) is 22.4 Å². The summed E-state index contributed by atoms with van der Waals surface area (Å²) in [7, 11) is 1.63. The number of aliphatic hydroxyl groups excluding tert-OH is 1. The Balaban J connectivity index is 1.76. The lowest BCUT2D eigenvalue weighted by Crippen LogP contribution is -2.37. The zero-order chi connectivity index (χ0) is 30.2. The summed E-state index contributed by atoms with van der Waals surface area (Å²) in [4.78, 5) is 56.0. The molecule has 11 heteroatoms. The molecule has 0 spiro atoms. The minimum absolute atomic E-state index is 0.0159. The van der Waals surface area contributed by atoms with Gasteiger partial charge in [-0.3, -0.25) is 24.2 Å². The zero-order valence-corrected chi connectivity index (χ0v) is 23.1. The summed E-state index contributed by atoms with van der Waals surface area (Å²) in [6, 6.07) is 16.0. The van der Waals surface area contributed by atoms with Crippen LogP contribution < -0.4 is 21.5 Å². The van der Waals surface area contributed by atoms with Gasteiger partial charge >= 0.3 is 0 Å². The van der Waals surface area contributed by atoms with Crippen molar-refractivity contribution in [3.05, 3.63) is 118 Å². The van der Waals surface area contributed by atoms with E-state index in [-0.39, 0.29) is 48.2 Å². The van der Waals surface area contributed by atoms with E-state index < -0.39 is 23.3 Å². The molecule has 1 atom stereocenters. The number of aliphatic hydroxyl groups is 1. The van der Waals surface area contributed by atoms with Gasteiger partial charge in [0.15, 0.2) is 5.78 Å². The first-order chi connectivity index (χ1) is 20.2. The van der Waals surface area contributed by atoms with Gasteiger partial charge in [0.1, 0.15) is 11.5 Å². The Morgan fingerprint density at radius 2 is 1.74 bits per heavy atom. The number of ketones is 1. The fourth-order valence-electron chi connectivity index (χ4n) is 4.19. The molecular formula is C31H30FN5O5. The molecule has 10 nitrogen and oxygen atoms in total. The fraction of sp³-hybridized carbons (Fsp3) is 0.194. The SMILES string of the molecule is CN[C@@H](C)C(=O)Nc1ccc(-c2cccc(C(=O)NCCO)c2)n(Cc2cncc(C(=O)c3ccc(F)cc3)c2)c1=O. The van der Waals surface area contributed by atoms with E-state index in [1.807, 2.05) is 0 Å². The summed E-state index contributed by atoms with van der Waals surface area (Å²) in [5.41, 5.74) is 1.94. The summed E-state index contributed by atoms with van der Waals surface area (Å²) in [5, 5.41) is 17.1. The Morgan fingerprint density at radius 3 is 2.45 bits per heavy atom. The predicted molar refractivity (Wildman–Crippen MR) is 156 cm³/mol. The topological polar surface area (TPSA) is 142 Å². The third-order valence-corrected chi connectivity index (χ3v) is 6.58. The summed E-state index contributed by atoms with van der Waals surface area (Å²) >= 11 is 0. The van der Waals surface area contributed by atoms with Crippen molar-refractivity contribution < 1.29 is 23.9 Å². The van der Waals surface area contributed by atoms with Crippen LogP contribution in [0.4, 0.5) is 10.1 Å². The second-order valence-electron chi connectivity index (χ2n) is 9.50. The number of benzene rings is 2. The van der Waals surface area contributed by atoms with E-state index >= 15 is 0 Å². The molecule has 0 saturated heterocycles. The molecule has 0 radical (unpaired) electrons. The molecular weight excluding hydrogens is 541 g/mol. The van der Waals surface area contributed by atoms with Gasteiger partial charge in [-0.1, -0.05) is 12.1 Å². The second-order valence-corrected chi connectivity index (χ2v) is 9.50. The molecule has 2 aromatic heterocycles. The molecule has 42 heavy (non-hydrogen) atoms. The van der Waals surface area contributed by atoms with Crippen molar-refractivity contribution in [1.82, 2.24) is 20.2 Å². The lowest BCUT2D eigenvalue weighted by atomic mass is 10.0. The van der Waals surface area contributed by atoms with Crippen LogP contribution in [0.25, 0.3) is 11.3 Å². The average Bonchev–Trinajstić information content (AvgIpc) is 3.01. The Morgan fingerprint density at radius 1 is 0.976 bits per heavy atom. The van der Waals surface area contributed by atoms with Gasteiger partial charge in [0.25, 0.3) is 11.5 Å². The van der Waals surface area contributed by atoms with Gasteiger partial charge in [0, 0.05) is 35.6 Å². The van der Waals surface area contributed by atoms with Gasteiger partial charge in [0.05, 0.1) is 24.9 Å². The van der Waals surface area contributed by atoms with Crippen LogP contribution in [-0.2, 0) is 11.3 Å². The highest BCUT2D eigenvalue weighted by molar-refractivity contribution is 6.08. The number of amides is 2. The highest BCUT2D eigenvalue weighted by Crippen LogP contribution is 2.23. The van der Waals surface area contributed by atoms with Crippen LogP contribution in [0, 0.1) is 5.82 Å². The Bertz CT molecular complexity index is 1670. The van der Waals surface area contributed by atoms with E-state index in [1.54, 1.807) is 50.4 Å². The number of nitrogens with one attached hydrogen (secondary N) is 3. The summed E-state index contributed by atoms with van der Waals surface area (Å²) in [6.45, 7) is 1.52. The molecule has 0 unspecified atom stereocenters. The summed E-state index contributed by atoms with van der Waals surface area (Å²) in [6.07, 6.45) is 2.91. The van der Waals surface area contributed by atoms with Crippen molar-refractivity contribution in [3.8, 4) is 11.3 Å². The van der Waals surface area contributed by atoms with Crippen molar-refractivity contribution >= 4 is 23.3 Å². The molecule has 4 N–H and O–H groups in total. The van der Waals surface area contributed by atoms with E-state index in [2.05, 4.69) is 20.9 Å². The number of carbonyl (C=O) groups excluding carboxylic acids is 3. The van der Waals surface area contributed by atoms with Gasteiger partial charge in [-0.05, 0) is 79.7 Å². The van der Waals surface area contributed by atoms with Crippen molar-refractivity contribution in [2.24, 2.45) is 0 Å². The summed E-state index contributed by atoms with van der Waals surface area (Å²) < 4.78 is 14.8. The van der Waals surface area contributed by atoms with Crippen LogP contribution >= 0.6 is 0 Å². The molecule has 0 aliphatic carbocycles. The van der Waals surface area contributed by atoms with Gasteiger partial charge in [-0.25, -0.2) is 4.39 Å². The van der Waals surface area contributed by atoms with Crippen LogP contribution in [0.3, 0.4) is 0 Å². The molecule has 2 amide bonds. The first-order valence-corrected chi connectivity index (χ1v) is 13.2. The van der Waals surface area contributed by atoms with Gasteiger partial charge in [-0.15, -0.1) is 0 Å². The van der Waals surface area contributed by atoms with Crippen LogP contribution in [0.1, 0.15) is 38.8 Å². The fourth-order valence-corrected chi connectivity index (χ4v) is 4.19. The largest absolute Gasteiger partial charge is 0.395 e. The highest BCUT2D eigenvalue weighted by atomic mass is 19.1. The summed E-state index contributed by atoms with van der Waals surface area (Å²) in [5.74, 6) is -1.61. The predicted octanol–water partition coefficient (Wildman–Crippen LogP) is 2.60. The van der Waals surface area contributed by atoms with Crippen molar-refractivity contribution in [2.45, 2.75) is 19.5 Å². The lowest BCUT2D eigenvalue weighted by molar-refractivity contribution is -0.117. The van der Waals surface area contributed by atoms with Crippen molar-refractivity contribution in [3.63, 3.8) is 0 Å². The quantitative estimate of drug-likeness (QED) is 0.203. The van der Waals surface area contributed by atoms with E-state index in [1.165, 1.54) is 47.3 Å². The number of pyridine rings is 2. The van der Waals surface area contributed by atoms with Gasteiger partial charge < -0.3 is 25.6 Å². The Kier molecular flexibility index (Phi) is 9.69. The molecule has 4 aromatic rings. The van der Waals surface area contributed by atoms with Gasteiger partial charge in [0.2, 0.25) is 5.91 Å².